The molecule has 2 aromatic rings. The predicted octanol–water partition coefficient (Wildman–Crippen LogP) is 4.60. The van der Waals surface area contributed by atoms with Gasteiger partial charge in [0.05, 0.1) is 10.7 Å². The van der Waals surface area contributed by atoms with Crippen LogP contribution >= 0.6 is 11.6 Å². The minimum absolute atomic E-state index is 0.294. The summed E-state index contributed by atoms with van der Waals surface area (Å²) >= 11 is 6.10. The van der Waals surface area contributed by atoms with Crippen LogP contribution in [-0.4, -0.2) is 13.1 Å². The quantitative estimate of drug-likeness (QED) is 0.735. The van der Waals surface area contributed by atoms with Crippen LogP contribution in [0.1, 0.15) is 24.0 Å². The van der Waals surface area contributed by atoms with Gasteiger partial charge in [0.1, 0.15) is 11.6 Å². The highest BCUT2D eigenvalue weighted by atomic mass is 35.5. The van der Waals surface area contributed by atoms with Gasteiger partial charge < -0.3 is 11.1 Å². The summed E-state index contributed by atoms with van der Waals surface area (Å²) in [4.78, 5) is 0. The lowest BCUT2D eigenvalue weighted by Gasteiger charge is -2.23. The van der Waals surface area contributed by atoms with Crippen LogP contribution in [0.3, 0.4) is 0 Å². The van der Waals surface area contributed by atoms with Crippen LogP contribution in [-0.2, 0) is 12.8 Å². The smallest absolute Gasteiger partial charge is 0.126 e. The number of nitrogens with one attached hydrogen (secondary N) is 1. The first-order chi connectivity index (χ1) is 12.0. The molecule has 1 aliphatic rings. The molecular weight excluding hydrogens is 342 g/mol. The molecule has 1 saturated heterocycles. The summed E-state index contributed by atoms with van der Waals surface area (Å²) in [5, 5.41) is 3.94. The number of anilines is 1. The van der Waals surface area contributed by atoms with Crippen molar-refractivity contribution in [1.29, 1.82) is 0 Å². The van der Waals surface area contributed by atoms with Gasteiger partial charge in [-0.3, -0.25) is 0 Å². The van der Waals surface area contributed by atoms with E-state index < -0.39 is 0 Å². The Hall–Kier alpha value is -1.65. The molecule has 1 heterocycles. The molecule has 2 unspecified atom stereocenters. The average Bonchev–Trinajstić information content (AvgIpc) is 3.12. The van der Waals surface area contributed by atoms with Crippen LogP contribution in [0, 0.1) is 23.5 Å². The van der Waals surface area contributed by atoms with Crippen molar-refractivity contribution in [2.24, 2.45) is 11.8 Å². The number of nitrogens with two attached hydrogens (primary N) is 1. The Balaban J connectivity index is 1.73. The van der Waals surface area contributed by atoms with Gasteiger partial charge in [-0.25, -0.2) is 8.78 Å². The third-order valence-electron chi connectivity index (χ3n) is 5.12. The van der Waals surface area contributed by atoms with Crippen molar-refractivity contribution < 1.29 is 8.78 Å². The second-order valence-corrected chi connectivity index (χ2v) is 7.25. The molecule has 0 amide bonds. The lowest BCUT2D eigenvalue weighted by atomic mass is 9.82. The molecule has 5 heteroatoms. The first-order valence-corrected chi connectivity index (χ1v) is 9.09. The molecule has 3 rings (SSSR count). The molecule has 0 spiro atoms. The van der Waals surface area contributed by atoms with Crippen molar-refractivity contribution in [3.05, 3.63) is 64.2 Å². The van der Waals surface area contributed by atoms with Gasteiger partial charge >= 0.3 is 0 Å². The standard InChI is InChI=1S/C20H23ClF2N2/c21-18-9-13(2-6-20(18)24)1-3-14(15-7-8-25-12-15)10-16-11-17(22)4-5-19(16)23/h2,4-6,9,11,14-15,25H,1,3,7-8,10,12,24H2. The summed E-state index contributed by atoms with van der Waals surface area (Å²) in [6.07, 6.45) is 3.38. The van der Waals surface area contributed by atoms with Crippen molar-refractivity contribution in [2.45, 2.75) is 25.7 Å². The zero-order valence-electron chi connectivity index (χ0n) is 14.1. The minimum Gasteiger partial charge on any atom is -0.398 e. The Morgan fingerprint density at radius 3 is 2.76 bits per heavy atom. The topological polar surface area (TPSA) is 38.0 Å². The van der Waals surface area contributed by atoms with Crippen molar-refractivity contribution in [1.82, 2.24) is 5.32 Å². The van der Waals surface area contributed by atoms with Gasteiger partial charge in [-0.15, -0.1) is 0 Å². The minimum atomic E-state index is -0.384. The van der Waals surface area contributed by atoms with Crippen molar-refractivity contribution in [3.8, 4) is 0 Å². The lowest BCUT2D eigenvalue weighted by molar-refractivity contribution is 0.328. The van der Waals surface area contributed by atoms with E-state index >= 15 is 0 Å². The average molecular weight is 365 g/mol. The number of hydrogen-bond donors (Lipinski definition) is 2. The van der Waals surface area contributed by atoms with E-state index in [0.717, 1.165) is 37.9 Å². The highest BCUT2D eigenvalue weighted by Gasteiger charge is 2.26. The van der Waals surface area contributed by atoms with E-state index in [1.165, 1.54) is 18.2 Å². The fourth-order valence-electron chi connectivity index (χ4n) is 3.64. The van der Waals surface area contributed by atoms with Gasteiger partial charge in [-0.05, 0) is 92.1 Å². The zero-order valence-corrected chi connectivity index (χ0v) is 14.8. The molecule has 0 aliphatic carbocycles. The largest absolute Gasteiger partial charge is 0.398 e. The molecule has 1 aliphatic heterocycles. The predicted molar refractivity (Wildman–Crippen MR) is 98.7 cm³/mol. The zero-order chi connectivity index (χ0) is 17.8. The Labute approximate surface area is 152 Å². The van der Waals surface area contributed by atoms with Crippen LogP contribution in [0.4, 0.5) is 14.5 Å². The van der Waals surface area contributed by atoms with Crippen LogP contribution in [0.25, 0.3) is 0 Å². The SMILES string of the molecule is Nc1ccc(CCC(Cc2cc(F)ccc2F)C2CCNC2)cc1Cl. The van der Waals surface area contributed by atoms with E-state index in [1.54, 1.807) is 0 Å². The number of rotatable bonds is 6. The maximum Gasteiger partial charge on any atom is 0.126 e. The van der Waals surface area contributed by atoms with Crippen molar-refractivity contribution >= 4 is 17.3 Å². The summed E-state index contributed by atoms with van der Waals surface area (Å²) in [7, 11) is 0. The molecule has 0 radical (unpaired) electrons. The fraction of sp³-hybridized carbons (Fsp3) is 0.400. The molecule has 3 N–H and O–H groups in total. The molecule has 0 bridgehead atoms. The van der Waals surface area contributed by atoms with Crippen LogP contribution < -0.4 is 11.1 Å². The highest BCUT2D eigenvalue weighted by Crippen LogP contribution is 2.29. The Morgan fingerprint density at radius 2 is 2.04 bits per heavy atom. The van der Waals surface area contributed by atoms with E-state index in [-0.39, 0.29) is 11.6 Å². The molecule has 0 saturated carbocycles. The normalized spacial score (nSPS) is 18.4. The third kappa shape index (κ3) is 4.71. The Kier molecular flexibility index (Phi) is 5.92. The van der Waals surface area contributed by atoms with E-state index in [4.69, 9.17) is 17.3 Å². The van der Waals surface area contributed by atoms with Gasteiger partial charge in [-0.2, -0.15) is 0 Å². The van der Waals surface area contributed by atoms with Gasteiger partial charge in [0.15, 0.2) is 0 Å². The Morgan fingerprint density at radius 1 is 1.20 bits per heavy atom. The van der Waals surface area contributed by atoms with E-state index in [2.05, 4.69) is 5.32 Å². The lowest BCUT2D eigenvalue weighted by Crippen LogP contribution is -2.21. The number of nitrogen functional groups attached to an aromatic ring is 1. The second-order valence-electron chi connectivity index (χ2n) is 6.85. The summed E-state index contributed by atoms with van der Waals surface area (Å²) in [6.45, 7) is 1.92. The van der Waals surface area contributed by atoms with E-state index in [9.17, 15) is 8.78 Å². The monoisotopic (exact) mass is 364 g/mol. The molecule has 1 fully saturated rings. The van der Waals surface area contributed by atoms with Gasteiger partial charge in [-0.1, -0.05) is 17.7 Å². The fourth-order valence-corrected chi connectivity index (χ4v) is 3.85. The number of halogens is 3. The van der Waals surface area contributed by atoms with Gasteiger partial charge in [0.25, 0.3) is 0 Å². The molecule has 2 aromatic carbocycles. The molecule has 2 atom stereocenters. The molecule has 0 aromatic heterocycles. The highest BCUT2D eigenvalue weighted by molar-refractivity contribution is 6.33. The molecule has 2 nitrogen and oxygen atoms in total. The summed E-state index contributed by atoms with van der Waals surface area (Å²) in [6, 6.07) is 9.40. The number of hydrogen-bond acceptors (Lipinski definition) is 2. The second kappa shape index (κ2) is 8.15. The summed E-state index contributed by atoms with van der Waals surface area (Å²) in [5.41, 5.74) is 7.92. The third-order valence-corrected chi connectivity index (χ3v) is 5.45. The van der Waals surface area contributed by atoms with Crippen molar-refractivity contribution in [2.75, 3.05) is 18.8 Å². The number of aryl methyl sites for hydroxylation is 1. The first-order valence-electron chi connectivity index (χ1n) is 8.71. The number of benzene rings is 2. The maximum absolute atomic E-state index is 14.1. The van der Waals surface area contributed by atoms with Crippen LogP contribution in [0.15, 0.2) is 36.4 Å². The Bertz CT molecular complexity index is 730. The van der Waals surface area contributed by atoms with E-state index in [1.807, 2.05) is 18.2 Å². The molecular formula is C20H23ClF2N2. The summed E-state index contributed by atoms with van der Waals surface area (Å²) < 4.78 is 27.6. The van der Waals surface area contributed by atoms with Crippen LogP contribution in [0.2, 0.25) is 5.02 Å². The van der Waals surface area contributed by atoms with Crippen LogP contribution in [0.5, 0.6) is 0 Å². The molecule has 25 heavy (non-hydrogen) atoms. The first kappa shape index (κ1) is 18.2. The molecule has 134 valence electrons. The van der Waals surface area contributed by atoms with Gasteiger partial charge in [0, 0.05) is 0 Å². The summed E-state index contributed by atoms with van der Waals surface area (Å²) in [5.74, 6) is 0.0625. The van der Waals surface area contributed by atoms with Gasteiger partial charge in [0.2, 0.25) is 0 Å². The maximum atomic E-state index is 14.1. The van der Waals surface area contributed by atoms with E-state index in [0.29, 0.717) is 34.5 Å². The van der Waals surface area contributed by atoms with Crippen molar-refractivity contribution in [3.63, 3.8) is 0 Å².